The van der Waals surface area contributed by atoms with Gasteiger partial charge in [-0.25, -0.2) is 0 Å². The van der Waals surface area contributed by atoms with Crippen molar-refractivity contribution in [3.8, 4) is 0 Å². The van der Waals surface area contributed by atoms with E-state index in [2.05, 4.69) is 4.98 Å². The minimum atomic E-state index is -0.961. The Morgan fingerprint density at radius 3 is 2.88 bits per heavy atom. The van der Waals surface area contributed by atoms with E-state index >= 15 is 0 Å². The van der Waals surface area contributed by atoms with Gasteiger partial charge in [0.2, 0.25) is 0 Å². The lowest BCUT2D eigenvalue weighted by Crippen LogP contribution is -2.30. The molecule has 2 rings (SSSR count). The van der Waals surface area contributed by atoms with Crippen LogP contribution in [0.25, 0.3) is 10.9 Å². The number of anilines is 1. The largest absolute Gasteiger partial charge is 0.480 e. The number of nitrogens with two attached hydrogens (primary N) is 2. The third-order valence-corrected chi connectivity index (χ3v) is 2.77. The maximum Gasteiger partial charge on any atom is 0.320 e. The fraction of sp³-hybridized carbons (Fsp3) is 0.250. The first kappa shape index (κ1) is 11.5. The molecule has 1 atom stereocenters. The van der Waals surface area contributed by atoms with Crippen LogP contribution in [0.5, 0.6) is 0 Å². The molecule has 0 amide bonds. The normalized spacial score (nSPS) is 12.8. The van der Waals surface area contributed by atoms with Gasteiger partial charge in [-0.3, -0.25) is 4.79 Å². The second-order valence-electron chi connectivity index (χ2n) is 4.13. The van der Waals surface area contributed by atoms with Gasteiger partial charge < -0.3 is 21.6 Å². The second kappa shape index (κ2) is 4.47. The molecule has 0 saturated carbocycles. The van der Waals surface area contributed by atoms with Crippen molar-refractivity contribution in [3.05, 3.63) is 29.8 Å². The van der Waals surface area contributed by atoms with E-state index in [0.717, 1.165) is 16.5 Å². The highest BCUT2D eigenvalue weighted by Crippen LogP contribution is 2.19. The quantitative estimate of drug-likeness (QED) is 0.634. The summed E-state index contributed by atoms with van der Waals surface area (Å²) in [5.41, 5.74) is 13.1. The Kier molecular flexibility index (Phi) is 3.01. The van der Waals surface area contributed by atoms with Crippen LogP contribution < -0.4 is 11.5 Å². The minimum Gasteiger partial charge on any atom is -0.480 e. The molecule has 0 aliphatic rings. The van der Waals surface area contributed by atoms with Crippen molar-refractivity contribution in [1.29, 1.82) is 0 Å². The van der Waals surface area contributed by atoms with Crippen LogP contribution in [0.1, 0.15) is 12.0 Å². The molecule has 0 radical (unpaired) electrons. The number of nitrogens with one attached hydrogen (secondary N) is 1. The summed E-state index contributed by atoms with van der Waals surface area (Å²) in [6.07, 6.45) is 1.08. The van der Waals surface area contributed by atoms with E-state index < -0.39 is 12.0 Å². The Balaban J connectivity index is 2.11. The maximum atomic E-state index is 10.6. The van der Waals surface area contributed by atoms with Crippen molar-refractivity contribution < 1.29 is 9.90 Å². The molecule has 0 unspecified atom stereocenters. The van der Waals surface area contributed by atoms with Crippen molar-refractivity contribution in [2.75, 3.05) is 5.73 Å². The van der Waals surface area contributed by atoms with Crippen molar-refractivity contribution >= 4 is 22.7 Å². The number of rotatable bonds is 4. The summed E-state index contributed by atoms with van der Waals surface area (Å²) < 4.78 is 0. The Bertz CT molecular complexity index is 548. The van der Waals surface area contributed by atoms with Gasteiger partial charge in [0.05, 0.1) is 0 Å². The Labute approximate surface area is 98.4 Å². The van der Waals surface area contributed by atoms with Crippen LogP contribution in [0.3, 0.4) is 0 Å². The highest BCUT2D eigenvalue weighted by molar-refractivity contribution is 5.83. The molecule has 2 aromatic rings. The topological polar surface area (TPSA) is 105 Å². The molecule has 5 heteroatoms. The van der Waals surface area contributed by atoms with Gasteiger partial charge in [0.15, 0.2) is 0 Å². The highest BCUT2D eigenvalue weighted by Gasteiger charge is 2.11. The van der Waals surface area contributed by atoms with Crippen LogP contribution in [-0.4, -0.2) is 22.1 Å². The molecule has 0 spiro atoms. The number of carboxylic acid groups (broad SMARTS) is 1. The molecule has 0 fully saturated rings. The molecule has 0 aliphatic carbocycles. The number of carboxylic acids is 1. The van der Waals surface area contributed by atoms with Crippen molar-refractivity contribution in [3.63, 3.8) is 0 Å². The first-order valence-corrected chi connectivity index (χ1v) is 5.42. The van der Waals surface area contributed by atoms with Gasteiger partial charge in [-0.2, -0.15) is 0 Å². The number of hydrogen-bond donors (Lipinski definition) is 4. The Hall–Kier alpha value is -2.01. The fourth-order valence-electron chi connectivity index (χ4n) is 1.81. The standard InChI is InChI=1S/C12H15N3O2/c13-9(12(16)17)3-1-7-2-4-10-8(5-7)6-11(14)15-10/h2,4-6,9,15H,1,3,13-14H2,(H,16,17)/t9-/m0/s1. The summed E-state index contributed by atoms with van der Waals surface area (Å²) in [7, 11) is 0. The van der Waals surface area contributed by atoms with E-state index in [9.17, 15) is 4.79 Å². The van der Waals surface area contributed by atoms with Gasteiger partial charge in [-0.1, -0.05) is 6.07 Å². The van der Waals surface area contributed by atoms with Gasteiger partial charge in [-0.15, -0.1) is 0 Å². The number of aromatic nitrogens is 1. The van der Waals surface area contributed by atoms with Gasteiger partial charge in [0.1, 0.15) is 11.9 Å². The predicted octanol–water partition coefficient (Wildman–Crippen LogP) is 1.09. The number of benzene rings is 1. The number of aryl methyl sites for hydroxylation is 1. The number of aliphatic carboxylic acids is 1. The van der Waals surface area contributed by atoms with Gasteiger partial charge in [0.25, 0.3) is 0 Å². The molecule has 6 N–H and O–H groups in total. The third-order valence-electron chi connectivity index (χ3n) is 2.77. The van der Waals surface area contributed by atoms with Crippen molar-refractivity contribution in [2.45, 2.75) is 18.9 Å². The summed E-state index contributed by atoms with van der Waals surface area (Å²) in [6, 6.07) is 6.94. The molecule has 1 heterocycles. The second-order valence-corrected chi connectivity index (χ2v) is 4.13. The van der Waals surface area contributed by atoms with Crippen LogP contribution in [0.2, 0.25) is 0 Å². The molecule has 0 aliphatic heterocycles. The van der Waals surface area contributed by atoms with Crippen LogP contribution in [0.15, 0.2) is 24.3 Å². The molecular formula is C12H15N3O2. The number of aromatic amines is 1. The van der Waals surface area contributed by atoms with Crippen LogP contribution in [-0.2, 0) is 11.2 Å². The van der Waals surface area contributed by atoms with Crippen LogP contribution >= 0.6 is 0 Å². The monoisotopic (exact) mass is 233 g/mol. The van der Waals surface area contributed by atoms with Gasteiger partial charge in [-0.05, 0) is 36.6 Å². The lowest BCUT2D eigenvalue weighted by atomic mass is 10.0. The maximum absolute atomic E-state index is 10.6. The third kappa shape index (κ3) is 2.57. The summed E-state index contributed by atoms with van der Waals surface area (Å²) >= 11 is 0. The summed E-state index contributed by atoms with van der Waals surface area (Å²) in [5, 5.41) is 9.72. The van der Waals surface area contributed by atoms with E-state index in [0.29, 0.717) is 18.7 Å². The summed E-state index contributed by atoms with van der Waals surface area (Å²) in [5.74, 6) is -0.337. The van der Waals surface area contributed by atoms with Crippen LogP contribution in [0, 0.1) is 0 Å². The number of fused-ring (bicyclic) bond motifs is 1. The Morgan fingerprint density at radius 2 is 2.18 bits per heavy atom. The lowest BCUT2D eigenvalue weighted by Gasteiger charge is -2.06. The number of carbonyl (C=O) groups is 1. The van der Waals surface area contributed by atoms with E-state index in [-0.39, 0.29) is 0 Å². The number of nitrogen functional groups attached to an aromatic ring is 1. The zero-order valence-electron chi connectivity index (χ0n) is 9.31. The smallest absolute Gasteiger partial charge is 0.320 e. The zero-order chi connectivity index (χ0) is 12.4. The zero-order valence-corrected chi connectivity index (χ0v) is 9.31. The SMILES string of the molecule is Nc1cc2cc(CC[C@H](N)C(=O)O)ccc2[nH]1. The Morgan fingerprint density at radius 1 is 1.41 bits per heavy atom. The molecule has 0 saturated heterocycles. The average Bonchev–Trinajstić information content (AvgIpc) is 2.64. The average molecular weight is 233 g/mol. The lowest BCUT2D eigenvalue weighted by molar-refractivity contribution is -0.138. The van der Waals surface area contributed by atoms with Crippen molar-refractivity contribution in [1.82, 2.24) is 4.98 Å². The molecule has 5 nitrogen and oxygen atoms in total. The van der Waals surface area contributed by atoms with E-state index in [1.807, 2.05) is 24.3 Å². The van der Waals surface area contributed by atoms with Crippen molar-refractivity contribution in [2.24, 2.45) is 5.73 Å². The first-order valence-electron chi connectivity index (χ1n) is 5.42. The minimum absolute atomic E-state index is 0.431. The number of hydrogen-bond acceptors (Lipinski definition) is 3. The fourth-order valence-corrected chi connectivity index (χ4v) is 1.81. The molecule has 1 aromatic heterocycles. The summed E-state index contributed by atoms with van der Waals surface area (Å²) in [6.45, 7) is 0. The van der Waals surface area contributed by atoms with E-state index in [1.54, 1.807) is 0 Å². The van der Waals surface area contributed by atoms with Crippen LogP contribution in [0.4, 0.5) is 5.82 Å². The van der Waals surface area contributed by atoms with Gasteiger partial charge >= 0.3 is 5.97 Å². The van der Waals surface area contributed by atoms with Gasteiger partial charge in [0, 0.05) is 10.9 Å². The first-order chi connectivity index (χ1) is 8.06. The molecular weight excluding hydrogens is 218 g/mol. The molecule has 90 valence electrons. The summed E-state index contributed by atoms with van der Waals surface area (Å²) in [4.78, 5) is 13.6. The molecule has 0 bridgehead atoms. The predicted molar refractivity (Wildman–Crippen MR) is 66.6 cm³/mol. The molecule has 1 aromatic carbocycles. The molecule has 17 heavy (non-hydrogen) atoms. The van der Waals surface area contributed by atoms with E-state index in [4.69, 9.17) is 16.6 Å². The van der Waals surface area contributed by atoms with E-state index in [1.165, 1.54) is 0 Å². The highest BCUT2D eigenvalue weighted by atomic mass is 16.4. The number of H-pyrrole nitrogens is 1.